The van der Waals surface area contributed by atoms with Gasteiger partial charge in [0.15, 0.2) is 0 Å². The Morgan fingerprint density at radius 2 is 2.27 bits per heavy atom. The normalized spacial score (nSPS) is 24.4. The van der Waals surface area contributed by atoms with Crippen LogP contribution in [-0.2, 0) is 10.0 Å². The molecule has 1 aliphatic rings. The molecule has 1 aromatic rings. The Kier molecular flexibility index (Phi) is 2.72. The summed E-state index contributed by atoms with van der Waals surface area (Å²) in [5, 5.41) is 0. The highest BCUT2D eigenvalue weighted by Gasteiger charge is 2.34. The van der Waals surface area contributed by atoms with E-state index in [9.17, 15) is 8.42 Å². The molecular weight excluding hydrogens is 280 g/mol. The molecule has 1 unspecified atom stereocenters. The Balaban J connectivity index is 2.40. The molecule has 0 N–H and O–H groups in total. The lowest BCUT2D eigenvalue weighted by atomic mass is 10.2. The minimum absolute atomic E-state index is 0.163. The first kappa shape index (κ1) is 10.9. The summed E-state index contributed by atoms with van der Waals surface area (Å²) < 4.78 is 25.5. The molecule has 0 bridgehead atoms. The fraction of sp³-hybridized carbons (Fsp3) is 0.444. The lowest BCUT2D eigenvalue weighted by molar-refractivity contribution is 0.597. The molecule has 0 aromatic carbocycles. The molecule has 6 heteroatoms. The van der Waals surface area contributed by atoms with Gasteiger partial charge in [-0.15, -0.1) is 0 Å². The van der Waals surface area contributed by atoms with E-state index >= 15 is 0 Å². The summed E-state index contributed by atoms with van der Waals surface area (Å²) in [5.74, 6) is 0.866. The number of aromatic nitrogens is 1. The third kappa shape index (κ3) is 2.15. The molecule has 1 fully saturated rings. The standard InChI is InChI=1S/C9H11BrN2O2S/c1-7-5-12(15(13,14)6-7)9-4-2-3-8(10)11-9/h2-4,7H,5-6H2,1H3. The van der Waals surface area contributed by atoms with Crippen molar-refractivity contribution >= 4 is 31.8 Å². The minimum atomic E-state index is -3.16. The number of hydrogen-bond acceptors (Lipinski definition) is 3. The fourth-order valence-electron chi connectivity index (χ4n) is 1.67. The van der Waals surface area contributed by atoms with E-state index in [4.69, 9.17) is 0 Å². The molecule has 1 atom stereocenters. The van der Waals surface area contributed by atoms with Crippen LogP contribution in [0.1, 0.15) is 6.92 Å². The molecule has 4 nitrogen and oxygen atoms in total. The van der Waals surface area contributed by atoms with Crippen molar-refractivity contribution in [3.8, 4) is 0 Å². The first-order valence-corrected chi connectivity index (χ1v) is 7.02. The predicted molar refractivity (Wildman–Crippen MR) is 62.2 cm³/mol. The molecule has 0 amide bonds. The van der Waals surface area contributed by atoms with Gasteiger partial charge in [-0.2, -0.15) is 0 Å². The van der Waals surface area contributed by atoms with E-state index in [1.807, 2.05) is 6.92 Å². The van der Waals surface area contributed by atoms with Crippen molar-refractivity contribution in [2.75, 3.05) is 16.6 Å². The van der Waals surface area contributed by atoms with Crippen molar-refractivity contribution in [3.05, 3.63) is 22.8 Å². The van der Waals surface area contributed by atoms with Crippen LogP contribution in [0.3, 0.4) is 0 Å². The molecule has 2 heterocycles. The molecule has 0 radical (unpaired) electrons. The largest absolute Gasteiger partial charge is 0.253 e. The van der Waals surface area contributed by atoms with Crippen LogP contribution < -0.4 is 4.31 Å². The quantitative estimate of drug-likeness (QED) is 0.739. The first-order valence-electron chi connectivity index (χ1n) is 4.62. The van der Waals surface area contributed by atoms with Gasteiger partial charge in [-0.1, -0.05) is 13.0 Å². The highest BCUT2D eigenvalue weighted by atomic mass is 79.9. The lowest BCUT2D eigenvalue weighted by Gasteiger charge is -2.15. The van der Waals surface area contributed by atoms with E-state index in [1.165, 1.54) is 4.31 Å². The van der Waals surface area contributed by atoms with Gasteiger partial charge in [0.2, 0.25) is 10.0 Å². The molecule has 1 aromatic heterocycles. The summed E-state index contributed by atoms with van der Waals surface area (Å²) in [7, 11) is -3.16. The van der Waals surface area contributed by atoms with Crippen molar-refractivity contribution in [2.24, 2.45) is 5.92 Å². The summed E-state index contributed by atoms with van der Waals surface area (Å²) >= 11 is 3.23. The van der Waals surface area contributed by atoms with Crippen LogP contribution >= 0.6 is 15.9 Å². The molecule has 0 spiro atoms. The Hall–Kier alpha value is -0.620. The molecule has 0 aliphatic carbocycles. The summed E-state index contributed by atoms with van der Waals surface area (Å²) in [5.41, 5.74) is 0. The summed E-state index contributed by atoms with van der Waals surface area (Å²) in [6.07, 6.45) is 0. The Morgan fingerprint density at radius 3 is 2.80 bits per heavy atom. The molecule has 0 saturated carbocycles. The van der Waals surface area contributed by atoms with Crippen molar-refractivity contribution in [1.29, 1.82) is 0 Å². The van der Waals surface area contributed by atoms with Gasteiger partial charge in [0.05, 0.1) is 5.75 Å². The van der Waals surface area contributed by atoms with E-state index < -0.39 is 10.0 Å². The van der Waals surface area contributed by atoms with Crippen LogP contribution in [0, 0.1) is 5.92 Å². The summed E-state index contributed by atoms with van der Waals surface area (Å²) in [6.45, 7) is 2.45. The predicted octanol–water partition coefficient (Wildman–Crippen LogP) is 1.63. The van der Waals surface area contributed by atoms with Gasteiger partial charge >= 0.3 is 0 Å². The molecular formula is C9H11BrN2O2S. The number of sulfonamides is 1. The molecule has 2 rings (SSSR count). The maximum Gasteiger partial charge on any atom is 0.236 e. The second kappa shape index (κ2) is 3.75. The van der Waals surface area contributed by atoms with Crippen molar-refractivity contribution in [1.82, 2.24) is 4.98 Å². The minimum Gasteiger partial charge on any atom is -0.253 e. The summed E-state index contributed by atoms with van der Waals surface area (Å²) in [6, 6.07) is 5.26. The fourth-order valence-corrected chi connectivity index (χ4v) is 3.88. The van der Waals surface area contributed by atoms with Gasteiger partial charge in [0.1, 0.15) is 10.4 Å². The SMILES string of the molecule is CC1CN(c2cccc(Br)n2)S(=O)(=O)C1. The third-order valence-corrected chi connectivity index (χ3v) is 4.70. The van der Waals surface area contributed by atoms with Crippen molar-refractivity contribution < 1.29 is 8.42 Å². The van der Waals surface area contributed by atoms with E-state index in [2.05, 4.69) is 20.9 Å². The van der Waals surface area contributed by atoms with Gasteiger partial charge in [-0.05, 0) is 34.0 Å². The monoisotopic (exact) mass is 290 g/mol. The topological polar surface area (TPSA) is 50.3 Å². The first-order chi connectivity index (χ1) is 6.99. The summed E-state index contributed by atoms with van der Waals surface area (Å²) in [4.78, 5) is 4.15. The van der Waals surface area contributed by atoms with E-state index in [1.54, 1.807) is 18.2 Å². The number of hydrogen-bond donors (Lipinski definition) is 0. The number of pyridine rings is 1. The van der Waals surface area contributed by atoms with Crippen LogP contribution in [0.5, 0.6) is 0 Å². The average molecular weight is 291 g/mol. The van der Waals surface area contributed by atoms with E-state index in [-0.39, 0.29) is 11.7 Å². The number of nitrogens with zero attached hydrogens (tertiary/aromatic N) is 2. The lowest BCUT2D eigenvalue weighted by Crippen LogP contribution is -2.26. The molecule has 15 heavy (non-hydrogen) atoms. The highest BCUT2D eigenvalue weighted by molar-refractivity contribution is 9.10. The van der Waals surface area contributed by atoms with Crippen molar-refractivity contribution in [2.45, 2.75) is 6.92 Å². The maximum absolute atomic E-state index is 11.8. The zero-order valence-electron chi connectivity index (χ0n) is 8.22. The highest BCUT2D eigenvalue weighted by Crippen LogP contribution is 2.25. The van der Waals surface area contributed by atoms with Crippen LogP contribution in [-0.4, -0.2) is 25.7 Å². The zero-order chi connectivity index (χ0) is 11.1. The van der Waals surface area contributed by atoms with Gasteiger partial charge in [0.25, 0.3) is 0 Å². The van der Waals surface area contributed by atoms with Crippen LogP contribution in [0.15, 0.2) is 22.8 Å². The van der Waals surface area contributed by atoms with Gasteiger partial charge in [-0.3, -0.25) is 4.31 Å². The Labute approximate surface area is 97.5 Å². The number of anilines is 1. The zero-order valence-corrected chi connectivity index (χ0v) is 10.6. The number of rotatable bonds is 1. The second-order valence-corrected chi connectivity index (χ2v) is 6.48. The second-order valence-electron chi connectivity index (χ2n) is 3.73. The maximum atomic E-state index is 11.8. The molecule has 82 valence electrons. The van der Waals surface area contributed by atoms with Crippen LogP contribution in [0.4, 0.5) is 5.82 Å². The number of halogens is 1. The smallest absolute Gasteiger partial charge is 0.236 e. The van der Waals surface area contributed by atoms with Crippen LogP contribution in [0.2, 0.25) is 0 Å². The van der Waals surface area contributed by atoms with E-state index in [0.717, 1.165) is 0 Å². The van der Waals surface area contributed by atoms with Gasteiger partial charge in [0, 0.05) is 6.54 Å². The Morgan fingerprint density at radius 1 is 1.53 bits per heavy atom. The van der Waals surface area contributed by atoms with Gasteiger partial charge < -0.3 is 0 Å². The van der Waals surface area contributed by atoms with Crippen molar-refractivity contribution in [3.63, 3.8) is 0 Å². The molecule has 1 aliphatic heterocycles. The Bertz CT molecular complexity index is 475. The third-order valence-electron chi connectivity index (χ3n) is 2.26. The van der Waals surface area contributed by atoms with Gasteiger partial charge in [-0.25, -0.2) is 13.4 Å². The molecule has 1 saturated heterocycles. The average Bonchev–Trinajstić information content (AvgIpc) is 2.39. The van der Waals surface area contributed by atoms with E-state index in [0.29, 0.717) is 17.0 Å². The van der Waals surface area contributed by atoms with Crippen LogP contribution in [0.25, 0.3) is 0 Å².